The summed E-state index contributed by atoms with van der Waals surface area (Å²) >= 11 is 0. The lowest BCUT2D eigenvalue weighted by Crippen LogP contribution is -2.36. The van der Waals surface area contributed by atoms with E-state index in [4.69, 9.17) is 15.5 Å². The zero-order chi connectivity index (χ0) is 13.9. The Hall–Kier alpha value is -1.65. The van der Waals surface area contributed by atoms with Gasteiger partial charge in [-0.1, -0.05) is 18.2 Å². The number of fused-ring (bicyclic) bond motifs is 1. The third-order valence-electron chi connectivity index (χ3n) is 4.05. The van der Waals surface area contributed by atoms with E-state index in [1.807, 2.05) is 30.3 Å². The van der Waals surface area contributed by atoms with Crippen molar-refractivity contribution in [2.24, 2.45) is 0 Å². The van der Waals surface area contributed by atoms with Crippen molar-refractivity contribution in [3.8, 4) is 0 Å². The van der Waals surface area contributed by atoms with Gasteiger partial charge >= 0.3 is 0 Å². The summed E-state index contributed by atoms with van der Waals surface area (Å²) in [6, 6.07) is 10.0. The van der Waals surface area contributed by atoms with Crippen molar-refractivity contribution in [2.45, 2.75) is 25.5 Å². The van der Waals surface area contributed by atoms with Gasteiger partial charge in [-0.15, -0.1) is 0 Å². The minimum absolute atomic E-state index is 0.417. The first-order valence-corrected chi connectivity index (χ1v) is 7.15. The van der Waals surface area contributed by atoms with Crippen molar-refractivity contribution in [1.29, 1.82) is 0 Å². The van der Waals surface area contributed by atoms with Gasteiger partial charge in [-0.05, 0) is 25.0 Å². The summed E-state index contributed by atoms with van der Waals surface area (Å²) in [5, 5.41) is 1.04. The Bertz CT molecular complexity index is 591. The number of nitrogens with two attached hydrogens (primary N) is 1. The number of methoxy groups -OCH3 is 1. The van der Waals surface area contributed by atoms with E-state index in [0.29, 0.717) is 6.10 Å². The van der Waals surface area contributed by atoms with Crippen molar-refractivity contribution in [3.05, 3.63) is 36.0 Å². The highest BCUT2D eigenvalue weighted by Crippen LogP contribution is 2.22. The van der Waals surface area contributed by atoms with Crippen LogP contribution in [0.15, 0.2) is 30.3 Å². The van der Waals surface area contributed by atoms with E-state index in [1.165, 1.54) is 0 Å². The number of hydrogen-bond acceptors (Lipinski definition) is 4. The van der Waals surface area contributed by atoms with Gasteiger partial charge in [-0.3, -0.25) is 9.88 Å². The number of hydrogen-bond donors (Lipinski definition) is 1. The lowest BCUT2D eigenvalue weighted by Gasteiger charge is -2.30. The van der Waals surface area contributed by atoms with E-state index in [9.17, 15) is 0 Å². The molecule has 1 aliphatic heterocycles. The van der Waals surface area contributed by atoms with Crippen LogP contribution in [0, 0.1) is 0 Å². The van der Waals surface area contributed by atoms with Crippen LogP contribution in [-0.4, -0.2) is 36.2 Å². The van der Waals surface area contributed by atoms with E-state index >= 15 is 0 Å². The maximum Gasteiger partial charge on any atom is 0.0726 e. The molecule has 0 saturated carbocycles. The Kier molecular flexibility index (Phi) is 3.85. The standard InChI is InChI=1S/C16H21N3O/c1-20-13-6-8-19(9-7-13)11-12-10-15(17)14-4-2-3-5-16(14)18-12/h2-5,10,13H,6-9,11H2,1H3,(H2,17,18). The van der Waals surface area contributed by atoms with Gasteiger partial charge in [0.2, 0.25) is 0 Å². The molecule has 0 bridgehead atoms. The van der Waals surface area contributed by atoms with Crippen LogP contribution in [0.4, 0.5) is 5.69 Å². The number of nitrogen functional groups attached to an aromatic ring is 1. The number of benzene rings is 1. The predicted octanol–water partition coefficient (Wildman–Crippen LogP) is 2.43. The van der Waals surface area contributed by atoms with E-state index in [1.54, 1.807) is 7.11 Å². The Morgan fingerprint density at radius 2 is 2.05 bits per heavy atom. The number of para-hydroxylation sites is 1. The molecule has 106 valence electrons. The lowest BCUT2D eigenvalue weighted by molar-refractivity contribution is 0.0385. The first-order valence-electron chi connectivity index (χ1n) is 7.15. The monoisotopic (exact) mass is 271 g/mol. The molecule has 0 atom stereocenters. The van der Waals surface area contributed by atoms with Crippen LogP contribution < -0.4 is 5.73 Å². The molecule has 4 heteroatoms. The van der Waals surface area contributed by atoms with Crippen LogP contribution in [0.5, 0.6) is 0 Å². The molecule has 2 heterocycles. The van der Waals surface area contributed by atoms with Gasteiger partial charge in [0.1, 0.15) is 0 Å². The molecular formula is C16H21N3O. The van der Waals surface area contributed by atoms with Gasteiger partial charge in [0.05, 0.1) is 17.3 Å². The van der Waals surface area contributed by atoms with Gasteiger partial charge in [0.15, 0.2) is 0 Å². The second-order valence-electron chi connectivity index (χ2n) is 5.43. The molecule has 3 rings (SSSR count). The number of ether oxygens (including phenoxy) is 1. The topological polar surface area (TPSA) is 51.4 Å². The number of anilines is 1. The van der Waals surface area contributed by atoms with Crippen LogP contribution in [0.3, 0.4) is 0 Å². The fourth-order valence-corrected chi connectivity index (χ4v) is 2.87. The highest BCUT2D eigenvalue weighted by Gasteiger charge is 2.19. The fraction of sp³-hybridized carbons (Fsp3) is 0.438. The molecule has 1 saturated heterocycles. The molecule has 1 aromatic heterocycles. The summed E-state index contributed by atoms with van der Waals surface area (Å²) in [7, 11) is 1.80. The van der Waals surface area contributed by atoms with Gasteiger partial charge in [-0.25, -0.2) is 0 Å². The molecule has 0 radical (unpaired) electrons. The van der Waals surface area contributed by atoms with Crippen molar-refractivity contribution in [3.63, 3.8) is 0 Å². The zero-order valence-electron chi connectivity index (χ0n) is 11.9. The molecule has 2 aromatic rings. The molecule has 1 aliphatic rings. The van der Waals surface area contributed by atoms with E-state index in [0.717, 1.165) is 54.8 Å². The van der Waals surface area contributed by atoms with E-state index < -0.39 is 0 Å². The molecule has 4 nitrogen and oxygen atoms in total. The number of pyridine rings is 1. The van der Waals surface area contributed by atoms with Crippen molar-refractivity contribution in [2.75, 3.05) is 25.9 Å². The second-order valence-corrected chi connectivity index (χ2v) is 5.43. The zero-order valence-corrected chi connectivity index (χ0v) is 11.9. The van der Waals surface area contributed by atoms with Gasteiger partial charge in [0, 0.05) is 37.8 Å². The summed E-state index contributed by atoms with van der Waals surface area (Å²) in [5.41, 5.74) is 8.98. The molecular weight excluding hydrogens is 250 g/mol. The summed E-state index contributed by atoms with van der Waals surface area (Å²) in [5.74, 6) is 0. The van der Waals surface area contributed by atoms with E-state index in [-0.39, 0.29) is 0 Å². The molecule has 0 aliphatic carbocycles. The number of aromatic nitrogens is 1. The Labute approximate surface area is 119 Å². The van der Waals surface area contributed by atoms with E-state index in [2.05, 4.69) is 4.90 Å². The molecule has 1 aromatic carbocycles. The largest absolute Gasteiger partial charge is 0.398 e. The molecule has 0 unspecified atom stereocenters. The van der Waals surface area contributed by atoms with Gasteiger partial charge in [0.25, 0.3) is 0 Å². The molecule has 2 N–H and O–H groups in total. The number of rotatable bonds is 3. The minimum atomic E-state index is 0.417. The predicted molar refractivity (Wildman–Crippen MR) is 81.5 cm³/mol. The SMILES string of the molecule is COC1CCN(Cc2cc(N)c3ccccc3n2)CC1. The van der Waals surface area contributed by atoms with Gasteiger partial charge in [-0.2, -0.15) is 0 Å². The number of piperidine rings is 1. The van der Waals surface area contributed by atoms with Crippen LogP contribution >= 0.6 is 0 Å². The van der Waals surface area contributed by atoms with Crippen LogP contribution in [0.2, 0.25) is 0 Å². The molecule has 20 heavy (non-hydrogen) atoms. The highest BCUT2D eigenvalue weighted by atomic mass is 16.5. The fourth-order valence-electron chi connectivity index (χ4n) is 2.87. The van der Waals surface area contributed by atoms with Crippen LogP contribution in [0.25, 0.3) is 10.9 Å². The summed E-state index contributed by atoms with van der Waals surface area (Å²) < 4.78 is 5.40. The smallest absolute Gasteiger partial charge is 0.0726 e. The number of nitrogens with zero attached hydrogens (tertiary/aromatic N) is 2. The quantitative estimate of drug-likeness (QED) is 0.931. The second kappa shape index (κ2) is 5.77. The highest BCUT2D eigenvalue weighted by molar-refractivity contribution is 5.90. The van der Waals surface area contributed by atoms with Crippen molar-refractivity contribution >= 4 is 16.6 Å². The Balaban J connectivity index is 1.75. The summed E-state index contributed by atoms with van der Waals surface area (Å²) in [6.07, 6.45) is 2.61. The average Bonchev–Trinajstić information content (AvgIpc) is 2.48. The average molecular weight is 271 g/mol. The third kappa shape index (κ3) is 2.76. The normalized spacial score (nSPS) is 17.6. The first kappa shape index (κ1) is 13.3. The molecule has 0 amide bonds. The maximum atomic E-state index is 6.13. The van der Waals surface area contributed by atoms with Crippen LogP contribution in [-0.2, 0) is 11.3 Å². The lowest BCUT2D eigenvalue weighted by atomic mass is 10.1. The first-order chi connectivity index (χ1) is 9.76. The Morgan fingerprint density at radius 3 is 2.80 bits per heavy atom. The van der Waals surface area contributed by atoms with Crippen molar-refractivity contribution in [1.82, 2.24) is 9.88 Å². The third-order valence-corrected chi connectivity index (χ3v) is 4.05. The summed E-state index contributed by atoms with van der Waals surface area (Å²) in [6.45, 7) is 2.99. The van der Waals surface area contributed by atoms with Gasteiger partial charge < -0.3 is 10.5 Å². The molecule has 0 spiro atoms. The molecule has 1 fully saturated rings. The van der Waals surface area contributed by atoms with Crippen LogP contribution in [0.1, 0.15) is 18.5 Å². The maximum absolute atomic E-state index is 6.13. The van der Waals surface area contributed by atoms with Crippen molar-refractivity contribution < 1.29 is 4.74 Å². The minimum Gasteiger partial charge on any atom is -0.398 e. The Morgan fingerprint density at radius 1 is 1.30 bits per heavy atom. The number of likely N-dealkylation sites (tertiary alicyclic amines) is 1. The summed E-state index contributed by atoms with van der Waals surface area (Å²) in [4.78, 5) is 7.14.